The third-order valence-corrected chi connectivity index (χ3v) is 3.67. The number of methoxy groups -OCH3 is 1. The number of amides is 1. The van der Waals surface area contributed by atoms with Gasteiger partial charge in [0.05, 0.1) is 13.5 Å². The van der Waals surface area contributed by atoms with Crippen molar-refractivity contribution in [3.8, 4) is 0 Å². The van der Waals surface area contributed by atoms with Crippen LogP contribution in [0.1, 0.15) is 59.3 Å². The smallest absolute Gasteiger partial charge is 0.407 e. The minimum atomic E-state index is -0.508. The summed E-state index contributed by atoms with van der Waals surface area (Å²) in [4.78, 5) is 23.3. The third-order valence-electron chi connectivity index (χ3n) is 3.67. The second-order valence-electron chi connectivity index (χ2n) is 6.67. The molecule has 0 heterocycles. The highest BCUT2D eigenvalue weighted by Gasteiger charge is 2.35. The minimum Gasteiger partial charge on any atom is -0.469 e. The van der Waals surface area contributed by atoms with Gasteiger partial charge in [0, 0.05) is 6.54 Å². The summed E-state index contributed by atoms with van der Waals surface area (Å²) in [7, 11) is 1.40. The van der Waals surface area contributed by atoms with Crippen molar-refractivity contribution in [2.75, 3.05) is 13.7 Å². The van der Waals surface area contributed by atoms with E-state index in [0.717, 1.165) is 25.7 Å². The molecule has 0 atom stereocenters. The number of carbonyl (C=O) groups is 2. The normalized spacial score (nSPS) is 18.2. The highest BCUT2D eigenvalue weighted by molar-refractivity contribution is 5.71. The van der Waals surface area contributed by atoms with Gasteiger partial charge in [0.15, 0.2) is 0 Å². The van der Waals surface area contributed by atoms with Crippen molar-refractivity contribution in [3.63, 3.8) is 0 Å². The van der Waals surface area contributed by atoms with Crippen LogP contribution in [-0.2, 0) is 14.3 Å². The monoisotopic (exact) mass is 285 g/mol. The number of carbonyl (C=O) groups excluding carboxylic acids is 2. The number of hydrogen-bond acceptors (Lipinski definition) is 4. The van der Waals surface area contributed by atoms with Gasteiger partial charge in [-0.3, -0.25) is 4.79 Å². The fourth-order valence-corrected chi connectivity index (χ4v) is 2.67. The Kier molecular flexibility index (Phi) is 5.84. The lowest BCUT2D eigenvalue weighted by atomic mass is 9.72. The first kappa shape index (κ1) is 16.8. The van der Waals surface area contributed by atoms with Crippen LogP contribution < -0.4 is 5.32 Å². The lowest BCUT2D eigenvalue weighted by Gasteiger charge is -2.36. The van der Waals surface area contributed by atoms with Crippen molar-refractivity contribution in [1.82, 2.24) is 5.32 Å². The molecule has 0 aromatic heterocycles. The average Bonchev–Trinajstić information content (AvgIpc) is 2.35. The zero-order valence-corrected chi connectivity index (χ0v) is 13.1. The molecule has 1 aliphatic carbocycles. The van der Waals surface area contributed by atoms with Crippen LogP contribution in [0.3, 0.4) is 0 Å². The van der Waals surface area contributed by atoms with Gasteiger partial charge in [-0.2, -0.15) is 0 Å². The maximum Gasteiger partial charge on any atom is 0.407 e. The Hall–Kier alpha value is -1.26. The summed E-state index contributed by atoms with van der Waals surface area (Å²) in [6.07, 6.45) is 5.19. The van der Waals surface area contributed by atoms with E-state index >= 15 is 0 Å². The molecule has 1 aliphatic rings. The van der Waals surface area contributed by atoms with Crippen molar-refractivity contribution in [2.24, 2.45) is 5.41 Å². The molecular weight excluding hydrogens is 258 g/mol. The second-order valence-corrected chi connectivity index (χ2v) is 6.67. The summed E-state index contributed by atoms with van der Waals surface area (Å²) in [5, 5.41) is 2.81. The first-order valence-corrected chi connectivity index (χ1v) is 7.30. The topological polar surface area (TPSA) is 64.6 Å². The number of hydrogen-bond donors (Lipinski definition) is 1. The van der Waals surface area contributed by atoms with Gasteiger partial charge in [-0.25, -0.2) is 4.79 Å². The average molecular weight is 285 g/mol. The summed E-state index contributed by atoms with van der Waals surface area (Å²) in [5.74, 6) is -0.210. The van der Waals surface area contributed by atoms with E-state index in [2.05, 4.69) is 5.32 Å². The molecule has 1 amide bonds. The van der Waals surface area contributed by atoms with Crippen LogP contribution in [0.5, 0.6) is 0 Å². The van der Waals surface area contributed by atoms with Crippen LogP contribution in [0.4, 0.5) is 4.79 Å². The maximum atomic E-state index is 11.7. The minimum absolute atomic E-state index is 0.178. The summed E-state index contributed by atoms with van der Waals surface area (Å²) in [6.45, 7) is 5.96. The number of nitrogens with one attached hydrogen (secondary N) is 1. The largest absolute Gasteiger partial charge is 0.469 e. The third kappa shape index (κ3) is 5.80. The predicted octanol–water partition coefficient (Wildman–Crippen LogP) is 3.02. The number of rotatable bonds is 4. The Morgan fingerprint density at radius 1 is 1.15 bits per heavy atom. The second kappa shape index (κ2) is 6.95. The van der Waals surface area contributed by atoms with Gasteiger partial charge >= 0.3 is 12.1 Å². The highest BCUT2D eigenvalue weighted by atomic mass is 16.6. The molecule has 0 spiro atoms. The van der Waals surface area contributed by atoms with E-state index in [1.807, 2.05) is 20.8 Å². The van der Waals surface area contributed by atoms with Gasteiger partial charge in [0.2, 0.25) is 0 Å². The van der Waals surface area contributed by atoms with Gasteiger partial charge < -0.3 is 14.8 Å². The summed E-state index contributed by atoms with van der Waals surface area (Å²) < 4.78 is 10.0. The van der Waals surface area contributed by atoms with Crippen molar-refractivity contribution in [3.05, 3.63) is 0 Å². The van der Waals surface area contributed by atoms with Gasteiger partial charge in [0.25, 0.3) is 0 Å². The molecule has 20 heavy (non-hydrogen) atoms. The lowest BCUT2D eigenvalue weighted by molar-refractivity contribution is -0.144. The van der Waals surface area contributed by atoms with Crippen molar-refractivity contribution in [1.29, 1.82) is 0 Å². The first-order chi connectivity index (χ1) is 9.26. The molecule has 0 saturated heterocycles. The van der Waals surface area contributed by atoms with E-state index in [1.54, 1.807) is 0 Å². The Morgan fingerprint density at radius 3 is 2.25 bits per heavy atom. The van der Waals surface area contributed by atoms with Crippen LogP contribution in [0.15, 0.2) is 0 Å². The van der Waals surface area contributed by atoms with Crippen molar-refractivity contribution >= 4 is 12.1 Å². The molecule has 0 aromatic rings. The van der Waals surface area contributed by atoms with Crippen LogP contribution in [0.25, 0.3) is 0 Å². The Balaban J connectivity index is 2.57. The zero-order chi connectivity index (χ0) is 15.2. The molecule has 1 rings (SSSR count). The molecule has 0 bridgehead atoms. The van der Waals surface area contributed by atoms with E-state index in [4.69, 9.17) is 9.47 Å². The molecule has 1 fully saturated rings. The zero-order valence-electron chi connectivity index (χ0n) is 13.1. The Morgan fingerprint density at radius 2 is 1.75 bits per heavy atom. The SMILES string of the molecule is COC(=O)CC1(CNC(=O)OC(C)(C)C)CCCCC1. The van der Waals surface area contributed by atoms with Gasteiger partial charge in [0.1, 0.15) is 5.60 Å². The molecule has 0 unspecified atom stereocenters. The van der Waals surface area contributed by atoms with E-state index in [1.165, 1.54) is 13.5 Å². The van der Waals surface area contributed by atoms with E-state index in [-0.39, 0.29) is 11.4 Å². The van der Waals surface area contributed by atoms with Gasteiger partial charge in [-0.05, 0) is 39.0 Å². The number of esters is 1. The van der Waals surface area contributed by atoms with E-state index in [0.29, 0.717) is 13.0 Å². The fraction of sp³-hybridized carbons (Fsp3) is 0.867. The molecule has 0 radical (unpaired) electrons. The van der Waals surface area contributed by atoms with Gasteiger partial charge in [-0.1, -0.05) is 19.3 Å². The standard InChI is InChI=1S/C15H27NO4/c1-14(2,3)20-13(18)16-11-15(10-12(17)19-4)8-6-5-7-9-15/h5-11H2,1-4H3,(H,16,18). The van der Waals surface area contributed by atoms with Crippen LogP contribution >= 0.6 is 0 Å². The molecule has 116 valence electrons. The van der Waals surface area contributed by atoms with Crippen LogP contribution in [0, 0.1) is 5.41 Å². The van der Waals surface area contributed by atoms with Crippen LogP contribution in [0.2, 0.25) is 0 Å². The molecular formula is C15H27NO4. The molecule has 0 aliphatic heterocycles. The summed E-state index contributed by atoms with van der Waals surface area (Å²) in [6, 6.07) is 0. The molecule has 5 heteroatoms. The summed E-state index contributed by atoms with van der Waals surface area (Å²) >= 11 is 0. The van der Waals surface area contributed by atoms with E-state index < -0.39 is 11.7 Å². The lowest BCUT2D eigenvalue weighted by Crippen LogP contribution is -2.42. The van der Waals surface area contributed by atoms with Gasteiger partial charge in [-0.15, -0.1) is 0 Å². The van der Waals surface area contributed by atoms with Crippen molar-refractivity contribution in [2.45, 2.75) is 64.9 Å². The summed E-state index contributed by atoms with van der Waals surface area (Å²) in [5.41, 5.74) is -0.686. The van der Waals surface area contributed by atoms with Crippen LogP contribution in [-0.4, -0.2) is 31.3 Å². The fourth-order valence-electron chi connectivity index (χ4n) is 2.67. The van der Waals surface area contributed by atoms with Crippen molar-refractivity contribution < 1.29 is 19.1 Å². The molecule has 0 aromatic carbocycles. The predicted molar refractivity (Wildman–Crippen MR) is 76.4 cm³/mol. The Bertz CT molecular complexity index is 340. The number of alkyl carbamates (subject to hydrolysis) is 1. The quantitative estimate of drug-likeness (QED) is 0.806. The molecule has 1 saturated carbocycles. The highest BCUT2D eigenvalue weighted by Crippen LogP contribution is 2.39. The molecule has 5 nitrogen and oxygen atoms in total. The number of ether oxygens (including phenoxy) is 2. The van der Waals surface area contributed by atoms with E-state index in [9.17, 15) is 9.59 Å². The molecule has 1 N–H and O–H groups in total. The first-order valence-electron chi connectivity index (χ1n) is 7.30. The maximum absolute atomic E-state index is 11.7. The Labute approximate surface area is 121 Å².